The molecule has 10 heavy (non-hydrogen) atoms. The van der Waals surface area contributed by atoms with Crippen molar-refractivity contribution in [2.75, 3.05) is 18.8 Å². The van der Waals surface area contributed by atoms with Gasteiger partial charge in [-0.3, -0.25) is 0 Å². The van der Waals surface area contributed by atoms with E-state index in [1.54, 1.807) is 0 Å². The highest BCUT2D eigenvalue weighted by molar-refractivity contribution is 7.99. The smallest absolute Gasteiger partial charge is 0.0170 e. The fraction of sp³-hybridized carbons (Fsp3) is 1.00. The van der Waals surface area contributed by atoms with Crippen molar-refractivity contribution in [3.63, 3.8) is 0 Å². The molecule has 1 fully saturated rings. The van der Waals surface area contributed by atoms with Crippen LogP contribution in [-0.4, -0.2) is 24.1 Å². The van der Waals surface area contributed by atoms with Gasteiger partial charge in [0.1, 0.15) is 0 Å². The van der Waals surface area contributed by atoms with Gasteiger partial charge < -0.3 is 0 Å². The third-order valence-electron chi connectivity index (χ3n) is 1.75. The van der Waals surface area contributed by atoms with E-state index in [-0.39, 0.29) is 0 Å². The van der Waals surface area contributed by atoms with Crippen molar-refractivity contribution in [3.05, 3.63) is 0 Å². The van der Waals surface area contributed by atoms with Crippen molar-refractivity contribution in [1.29, 1.82) is 0 Å². The van der Waals surface area contributed by atoms with Crippen LogP contribution >= 0.6 is 11.8 Å². The molecule has 0 aliphatic carbocycles. The molecule has 59 valence electrons. The normalized spacial score (nSPS) is 26.1. The van der Waals surface area contributed by atoms with Crippen LogP contribution in [0.4, 0.5) is 0 Å². The number of hydrogen-bond acceptors (Lipinski definition) is 1. The Balaban J connectivity index is 2.01. The Hall–Kier alpha value is 0.310. The van der Waals surface area contributed by atoms with Crippen molar-refractivity contribution < 1.29 is 0 Å². The minimum Gasteiger partial charge on any atom is -0.241 e. The Labute approximate surface area is 68.0 Å². The molecule has 0 aromatic heterocycles. The molecule has 1 unspecified atom stereocenters. The fourth-order valence-corrected chi connectivity index (χ4v) is 2.03. The summed E-state index contributed by atoms with van der Waals surface area (Å²) in [7, 11) is 0. The second kappa shape index (κ2) is 4.24. The van der Waals surface area contributed by atoms with Gasteiger partial charge in [0.15, 0.2) is 0 Å². The summed E-state index contributed by atoms with van der Waals surface area (Å²) < 4.78 is 0. The lowest BCUT2D eigenvalue weighted by Gasteiger charge is -2.08. The van der Waals surface area contributed by atoms with Crippen molar-refractivity contribution in [1.82, 2.24) is 5.32 Å². The topological polar surface area (TPSA) is 14.1 Å². The third kappa shape index (κ3) is 2.93. The molecule has 0 aromatic rings. The lowest BCUT2D eigenvalue weighted by atomic mass is 10.2. The first kappa shape index (κ1) is 8.41. The molecular weight excluding hydrogens is 142 g/mol. The summed E-state index contributed by atoms with van der Waals surface area (Å²) in [6, 6.07) is 0. The van der Waals surface area contributed by atoms with E-state index >= 15 is 0 Å². The van der Waals surface area contributed by atoms with Gasteiger partial charge in [-0.1, -0.05) is 13.8 Å². The zero-order valence-corrected chi connectivity index (χ0v) is 7.66. The van der Waals surface area contributed by atoms with Gasteiger partial charge in [0.2, 0.25) is 0 Å². The SMILES string of the molecule is CC(C)SCC1CC[N]C1. The van der Waals surface area contributed by atoms with Gasteiger partial charge in [-0.15, -0.1) is 0 Å². The Morgan fingerprint density at radius 2 is 2.40 bits per heavy atom. The highest BCUT2D eigenvalue weighted by atomic mass is 32.2. The van der Waals surface area contributed by atoms with Crippen LogP contribution in [-0.2, 0) is 0 Å². The maximum absolute atomic E-state index is 4.33. The average Bonchev–Trinajstić information content (AvgIpc) is 2.34. The predicted octanol–water partition coefficient (Wildman–Crippen LogP) is 1.75. The number of rotatable bonds is 3. The average molecular weight is 158 g/mol. The van der Waals surface area contributed by atoms with Gasteiger partial charge in [-0.2, -0.15) is 11.8 Å². The summed E-state index contributed by atoms with van der Waals surface area (Å²) in [6.07, 6.45) is 1.33. The maximum Gasteiger partial charge on any atom is 0.0170 e. The molecule has 0 amide bonds. The molecule has 0 spiro atoms. The van der Waals surface area contributed by atoms with Crippen LogP contribution in [0.15, 0.2) is 0 Å². The summed E-state index contributed by atoms with van der Waals surface area (Å²) in [5.74, 6) is 2.22. The van der Waals surface area contributed by atoms with Gasteiger partial charge >= 0.3 is 0 Å². The molecule has 1 nitrogen and oxygen atoms in total. The molecular formula is C8H16NS. The summed E-state index contributed by atoms with van der Waals surface area (Å²) in [5.41, 5.74) is 0. The molecule has 1 aliphatic rings. The van der Waals surface area contributed by atoms with Gasteiger partial charge in [0.05, 0.1) is 0 Å². The standard InChI is InChI=1S/C8H16NS/c1-7(2)10-6-8-3-4-9-5-8/h7-8H,3-6H2,1-2H3. The first-order valence-electron chi connectivity index (χ1n) is 4.04. The lowest BCUT2D eigenvalue weighted by molar-refractivity contribution is 0.659. The van der Waals surface area contributed by atoms with E-state index in [1.807, 2.05) is 0 Å². The highest BCUT2D eigenvalue weighted by Gasteiger charge is 2.15. The van der Waals surface area contributed by atoms with Crippen LogP contribution in [0.1, 0.15) is 20.3 Å². The van der Waals surface area contributed by atoms with E-state index in [2.05, 4.69) is 30.9 Å². The van der Waals surface area contributed by atoms with Crippen LogP contribution in [0.25, 0.3) is 0 Å². The Morgan fingerprint density at radius 1 is 1.60 bits per heavy atom. The first-order valence-corrected chi connectivity index (χ1v) is 5.09. The Kier molecular flexibility index (Phi) is 3.57. The molecule has 1 radical (unpaired) electrons. The van der Waals surface area contributed by atoms with Gasteiger partial charge in [0, 0.05) is 13.1 Å². The van der Waals surface area contributed by atoms with Crippen molar-refractivity contribution in [2.45, 2.75) is 25.5 Å². The molecule has 0 aromatic carbocycles. The second-order valence-electron chi connectivity index (χ2n) is 3.17. The van der Waals surface area contributed by atoms with Gasteiger partial charge in [-0.25, -0.2) is 5.32 Å². The predicted molar refractivity (Wildman–Crippen MR) is 47.6 cm³/mol. The zero-order chi connectivity index (χ0) is 7.40. The van der Waals surface area contributed by atoms with Gasteiger partial charge in [-0.05, 0) is 23.3 Å². The number of hydrogen-bond donors (Lipinski definition) is 0. The summed E-state index contributed by atoms with van der Waals surface area (Å²) >= 11 is 2.07. The molecule has 0 bridgehead atoms. The molecule has 1 saturated heterocycles. The van der Waals surface area contributed by atoms with E-state index in [9.17, 15) is 0 Å². The number of nitrogens with zero attached hydrogens (tertiary/aromatic N) is 1. The molecule has 0 N–H and O–H groups in total. The zero-order valence-electron chi connectivity index (χ0n) is 6.84. The van der Waals surface area contributed by atoms with Crippen molar-refractivity contribution >= 4 is 11.8 Å². The van der Waals surface area contributed by atoms with Crippen LogP contribution in [0, 0.1) is 5.92 Å². The molecule has 1 atom stereocenters. The van der Waals surface area contributed by atoms with E-state index < -0.39 is 0 Å². The molecule has 1 rings (SSSR count). The summed E-state index contributed by atoms with van der Waals surface area (Å²) in [6.45, 7) is 6.76. The molecule has 2 heteroatoms. The monoisotopic (exact) mass is 158 g/mol. The lowest BCUT2D eigenvalue weighted by Crippen LogP contribution is -2.06. The maximum atomic E-state index is 4.33. The van der Waals surface area contributed by atoms with Crippen LogP contribution in [0.3, 0.4) is 0 Å². The van der Waals surface area contributed by atoms with E-state index in [4.69, 9.17) is 0 Å². The Morgan fingerprint density at radius 3 is 2.90 bits per heavy atom. The molecule has 0 saturated carbocycles. The van der Waals surface area contributed by atoms with Crippen LogP contribution in [0.5, 0.6) is 0 Å². The van der Waals surface area contributed by atoms with Crippen LogP contribution in [0.2, 0.25) is 0 Å². The fourth-order valence-electron chi connectivity index (χ4n) is 1.10. The summed E-state index contributed by atoms with van der Waals surface area (Å²) in [5, 5.41) is 5.12. The van der Waals surface area contributed by atoms with E-state index in [0.29, 0.717) is 0 Å². The third-order valence-corrected chi connectivity index (χ3v) is 3.08. The summed E-state index contributed by atoms with van der Waals surface area (Å²) in [4.78, 5) is 0. The van der Waals surface area contributed by atoms with E-state index in [1.165, 1.54) is 12.2 Å². The largest absolute Gasteiger partial charge is 0.241 e. The minimum atomic E-state index is 0.792. The van der Waals surface area contributed by atoms with Crippen molar-refractivity contribution in [2.24, 2.45) is 5.92 Å². The molecule has 1 aliphatic heterocycles. The molecule has 1 heterocycles. The van der Waals surface area contributed by atoms with Gasteiger partial charge in [0.25, 0.3) is 0 Å². The van der Waals surface area contributed by atoms with Crippen molar-refractivity contribution in [3.8, 4) is 0 Å². The Bertz CT molecular complexity index is 87.3. The quantitative estimate of drug-likeness (QED) is 0.610. The van der Waals surface area contributed by atoms with E-state index in [0.717, 1.165) is 24.3 Å². The second-order valence-corrected chi connectivity index (χ2v) is 4.78. The highest BCUT2D eigenvalue weighted by Crippen LogP contribution is 2.18. The minimum absolute atomic E-state index is 0.792. The first-order chi connectivity index (χ1) is 4.79. The number of thioether (sulfide) groups is 1. The van der Waals surface area contributed by atoms with Crippen LogP contribution < -0.4 is 5.32 Å².